The molecule has 0 spiro atoms. The number of fused-ring (bicyclic) bond motifs is 1. The van der Waals surface area contributed by atoms with Crippen molar-refractivity contribution in [2.75, 3.05) is 13.2 Å². The van der Waals surface area contributed by atoms with Crippen LogP contribution in [0.4, 0.5) is 0 Å². The summed E-state index contributed by atoms with van der Waals surface area (Å²) in [5.41, 5.74) is 0. The molecular formula is C31H47N3O3. The number of carboxylic acids is 1. The Labute approximate surface area is 223 Å². The first-order valence-electron chi connectivity index (χ1n) is 14.5. The summed E-state index contributed by atoms with van der Waals surface area (Å²) in [6.07, 6.45) is 18.1. The van der Waals surface area contributed by atoms with Gasteiger partial charge in [-0.05, 0) is 67.9 Å². The summed E-state index contributed by atoms with van der Waals surface area (Å²) < 4.78 is 5.98. The molecule has 0 amide bonds. The van der Waals surface area contributed by atoms with Gasteiger partial charge in [0.1, 0.15) is 5.75 Å². The van der Waals surface area contributed by atoms with Gasteiger partial charge in [0.25, 0.3) is 5.97 Å². The minimum Gasteiger partial charge on any atom is -0.494 e. The van der Waals surface area contributed by atoms with E-state index in [-0.39, 0.29) is 0 Å². The van der Waals surface area contributed by atoms with Crippen molar-refractivity contribution in [3.63, 3.8) is 0 Å². The number of unbranched alkanes of at least 4 members (excludes halogenated alkanes) is 3. The molecule has 0 heterocycles. The van der Waals surface area contributed by atoms with Crippen molar-refractivity contribution in [2.45, 2.75) is 109 Å². The Balaban J connectivity index is 0.000000886. The van der Waals surface area contributed by atoms with E-state index in [4.69, 9.17) is 19.6 Å². The number of hydrogen-bond donors (Lipinski definition) is 3. The van der Waals surface area contributed by atoms with Crippen molar-refractivity contribution < 1.29 is 14.6 Å². The maximum absolute atomic E-state index is 9.00. The first-order valence-corrected chi connectivity index (χ1v) is 14.5. The molecule has 37 heavy (non-hydrogen) atoms. The molecule has 2 aliphatic carbocycles. The van der Waals surface area contributed by atoms with E-state index in [0.717, 1.165) is 44.6 Å². The third-order valence-electron chi connectivity index (χ3n) is 7.20. The second-order valence-electron chi connectivity index (χ2n) is 10.5. The number of ether oxygens (including phenoxy) is 1. The van der Waals surface area contributed by atoms with Gasteiger partial charge in [0.15, 0.2) is 5.96 Å². The molecule has 0 bridgehead atoms. The van der Waals surface area contributed by atoms with E-state index in [1.807, 2.05) is 0 Å². The topological polar surface area (TPSA) is 83.0 Å². The fourth-order valence-corrected chi connectivity index (χ4v) is 5.22. The highest BCUT2D eigenvalue weighted by Gasteiger charge is 2.18. The minimum atomic E-state index is -0.833. The van der Waals surface area contributed by atoms with Crippen LogP contribution in [-0.2, 0) is 4.79 Å². The lowest BCUT2D eigenvalue weighted by molar-refractivity contribution is -0.134. The zero-order valence-corrected chi connectivity index (χ0v) is 22.7. The normalized spacial score (nSPS) is 16.4. The van der Waals surface area contributed by atoms with E-state index in [0.29, 0.717) is 12.1 Å². The van der Waals surface area contributed by atoms with Gasteiger partial charge in [0, 0.05) is 25.6 Å². The molecule has 3 N–H and O–H groups in total. The van der Waals surface area contributed by atoms with Crippen molar-refractivity contribution in [1.82, 2.24) is 10.6 Å². The number of rotatable bonds is 10. The number of aliphatic imine (C=N–C) groups is 1. The molecule has 0 radical (unpaired) electrons. The molecule has 2 fully saturated rings. The second kappa shape index (κ2) is 16.9. The molecule has 2 aliphatic rings. The summed E-state index contributed by atoms with van der Waals surface area (Å²) in [6.45, 7) is 2.79. The minimum absolute atomic E-state index is 0.612. The maximum Gasteiger partial charge on any atom is 0.300 e. The molecule has 0 atom stereocenters. The van der Waals surface area contributed by atoms with Crippen molar-refractivity contribution in [2.24, 2.45) is 4.99 Å². The summed E-state index contributed by atoms with van der Waals surface area (Å²) in [5.74, 6) is 1.22. The van der Waals surface area contributed by atoms with E-state index >= 15 is 0 Å². The van der Waals surface area contributed by atoms with Crippen molar-refractivity contribution in [1.29, 1.82) is 0 Å². The van der Waals surface area contributed by atoms with Crippen LogP contribution in [0, 0.1) is 0 Å². The van der Waals surface area contributed by atoms with Gasteiger partial charge >= 0.3 is 0 Å². The summed E-state index contributed by atoms with van der Waals surface area (Å²) in [6, 6.07) is 16.0. The summed E-state index contributed by atoms with van der Waals surface area (Å²) in [5, 5.41) is 17.5. The molecule has 4 rings (SSSR count). The van der Waals surface area contributed by atoms with Crippen LogP contribution in [0.3, 0.4) is 0 Å². The average Bonchev–Trinajstić information content (AvgIpc) is 2.91. The van der Waals surface area contributed by atoms with E-state index in [2.05, 4.69) is 53.1 Å². The number of carboxylic acid groups (broad SMARTS) is 1. The number of nitrogens with zero attached hydrogens (tertiary/aromatic N) is 1. The summed E-state index contributed by atoms with van der Waals surface area (Å²) in [4.78, 5) is 14.0. The van der Waals surface area contributed by atoms with Crippen LogP contribution < -0.4 is 15.4 Å². The monoisotopic (exact) mass is 509 g/mol. The zero-order valence-electron chi connectivity index (χ0n) is 22.7. The molecule has 0 unspecified atom stereocenters. The molecule has 0 aromatic heterocycles. The van der Waals surface area contributed by atoms with E-state index < -0.39 is 5.97 Å². The van der Waals surface area contributed by atoms with Gasteiger partial charge < -0.3 is 20.5 Å². The van der Waals surface area contributed by atoms with Crippen LogP contribution in [0.5, 0.6) is 5.75 Å². The fourth-order valence-electron chi connectivity index (χ4n) is 5.22. The number of nitrogens with one attached hydrogen (secondary N) is 2. The van der Waals surface area contributed by atoms with Gasteiger partial charge in [-0.15, -0.1) is 0 Å². The highest BCUT2D eigenvalue weighted by Crippen LogP contribution is 2.21. The largest absolute Gasteiger partial charge is 0.494 e. The number of hydrogen-bond acceptors (Lipinski definition) is 3. The molecular weight excluding hydrogens is 462 g/mol. The number of carbonyl (C=O) groups is 1. The molecule has 2 aromatic rings. The van der Waals surface area contributed by atoms with Gasteiger partial charge in [0.2, 0.25) is 0 Å². The van der Waals surface area contributed by atoms with Crippen molar-refractivity contribution in [3.8, 4) is 5.75 Å². The molecule has 2 saturated carbocycles. The highest BCUT2D eigenvalue weighted by atomic mass is 16.5. The van der Waals surface area contributed by atoms with Gasteiger partial charge in [-0.3, -0.25) is 9.79 Å². The predicted octanol–water partition coefficient (Wildman–Crippen LogP) is 7.07. The lowest BCUT2D eigenvalue weighted by atomic mass is 9.95. The Kier molecular flexibility index (Phi) is 13.1. The van der Waals surface area contributed by atoms with Crippen molar-refractivity contribution in [3.05, 3.63) is 42.5 Å². The first-order chi connectivity index (χ1) is 18.1. The Hall–Kier alpha value is -2.76. The lowest BCUT2D eigenvalue weighted by Gasteiger charge is -2.29. The number of aliphatic carboxylic acids is 1. The van der Waals surface area contributed by atoms with Gasteiger partial charge in [0.05, 0.1) is 6.61 Å². The Bertz CT molecular complexity index is 924. The van der Waals surface area contributed by atoms with Crippen molar-refractivity contribution >= 4 is 22.7 Å². The fraction of sp³-hybridized carbons (Fsp3) is 0.613. The molecule has 0 aliphatic heterocycles. The van der Waals surface area contributed by atoms with E-state index in [1.54, 1.807) is 0 Å². The Morgan fingerprint density at radius 2 is 1.41 bits per heavy atom. The first kappa shape index (κ1) is 28.8. The Morgan fingerprint density at radius 1 is 0.838 bits per heavy atom. The second-order valence-corrected chi connectivity index (χ2v) is 10.5. The molecule has 0 saturated heterocycles. The summed E-state index contributed by atoms with van der Waals surface area (Å²) in [7, 11) is 0. The van der Waals surface area contributed by atoms with Gasteiger partial charge in [-0.1, -0.05) is 75.3 Å². The van der Waals surface area contributed by atoms with Gasteiger partial charge in [-0.2, -0.15) is 0 Å². The van der Waals surface area contributed by atoms with Crippen LogP contribution in [0.2, 0.25) is 0 Å². The molecule has 6 heteroatoms. The smallest absolute Gasteiger partial charge is 0.300 e. The third-order valence-corrected chi connectivity index (χ3v) is 7.20. The van der Waals surface area contributed by atoms with Crippen LogP contribution >= 0.6 is 0 Å². The quantitative estimate of drug-likeness (QED) is 0.181. The number of benzene rings is 2. The summed E-state index contributed by atoms with van der Waals surface area (Å²) >= 11 is 0. The predicted molar refractivity (Wildman–Crippen MR) is 154 cm³/mol. The zero-order chi connectivity index (χ0) is 26.1. The molecule has 2 aromatic carbocycles. The lowest BCUT2D eigenvalue weighted by Crippen LogP contribution is -2.48. The van der Waals surface area contributed by atoms with Crippen LogP contribution in [0.15, 0.2) is 47.5 Å². The van der Waals surface area contributed by atoms with Crippen LogP contribution in [-0.4, -0.2) is 42.3 Å². The average molecular weight is 510 g/mol. The standard InChI is InChI=1S/C29H43N3O.C2H4O2/c1(2-12-22-33-28-20-19-24-13-9-10-14-25(24)23-28)11-21-30-29(31-26-15-5-3-6-16-26)32-27-17-7-4-8-18-27;1-2(3)4/h9-10,13-14,19-20,23,26-27H,1-8,11-12,15-18,21-22H2,(H2,30,31,32);1H3,(H,3,4). The third kappa shape index (κ3) is 11.9. The molecule has 204 valence electrons. The van der Waals surface area contributed by atoms with E-state index in [9.17, 15) is 0 Å². The number of guanidine groups is 1. The van der Waals surface area contributed by atoms with Crippen LogP contribution in [0.25, 0.3) is 10.8 Å². The SMILES string of the molecule is CC(=O)O.c1ccc2cc(OCCCCCCN=C(NC3CCCCC3)NC3CCCCC3)ccc2c1. The highest BCUT2D eigenvalue weighted by molar-refractivity contribution is 5.83. The van der Waals surface area contributed by atoms with Gasteiger partial charge in [-0.25, -0.2) is 0 Å². The Morgan fingerprint density at radius 3 is 2.03 bits per heavy atom. The van der Waals surface area contributed by atoms with E-state index in [1.165, 1.54) is 87.8 Å². The maximum atomic E-state index is 9.00. The molecule has 6 nitrogen and oxygen atoms in total. The van der Waals surface area contributed by atoms with Crippen LogP contribution in [0.1, 0.15) is 96.8 Å².